The van der Waals surface area contributed by atoms with Gasteiger partial charge in [-0.15, -0.1) is 0 Å². The molecule has 1 fully saturated rings. The van der Waals surface area contributed by atoms with Gasteiger partial charge in [-0.2, -0.15) is 0 Å². The first kappa shape index (κ1) is 23.2. The Balaban J connectivity index is 1.37. The molecule has 32 heavy (non-hydrogen) atoms. The number of nitrogens with one attached hydrogen (secondary N) is 2. The number of ether oxygens (including phenoxy) is 1. The standard InChI is InChI=1S/C27H37FN2O2/c1-3-4-5-6-7-8-9-23-15-22-14-20(11-13-26(22)32-23)21-10-12-24(25(28)16-21)27-29-17-19(2)18-30(27)31/h10-14,16,19,23,27,29-30H,3-9,15,17-18H2,1-2H3. The van der Waals surface area contributed by atoms with E-state index in [1.165, 1.54) is 44.1 Å². The molecule has 0 aromatic heterocycles. The maximum absolute atomic E-state index is 15.0. The van der Waals surface area contributed by atoms with E-state index in [2.05, 4.69) is 18.3 Å². The molecular weight excluding hydrogens is 403 g/mol. The highest BCUT2D eigenvalue weighted by atomic mass is 19.1. The van der Waals surface area contributed by atoms with Crippen LogP contribution in [0.3, 0.4) is 0 Å². The fraction of sp³-hybridized carbons (Fsp3) is 0.556. The maximum Gasteiger partial charge on any atom is 0.170 e. The highest BCUT2D eigenvalue weighted by Crippen LogP contribution is 2.35. The van der Waals surface area contributed by atoms with Crippen LogP contribution in [0.15, 0.2) is 36.4 Å². The molecule has 0 aliphatic carbocycles. The second-order valence-electron chi connectivity index (χ2n) is 9.68. The van der Waals surface area contributed by atoms with Gasteiger partial charge >= 0.3 is 0 Å². The van der Waals surface area contributed by atoms with Crippen molar-refractivity contribution >= 4 is 0 Å². The van der Waals surface area contributed by atoms with Crippen molar-refractivity contribution in [2.24, 2.45) is 5.92 Å². The van der Waals surface area contributed by atoms with E-state index in [4.69, 9.17) is 4.74 Å². The number of quaternary nitrogens is 1. The largest absolute Gasteiger partial charge is 0.633 e. The summed E-state index contributed by atoms with van der Waals surface area (Å²) in [5.74, 6) is 0.952. The van der Waals surface area contributed by atoms with Gasteiger partial charge in [-0.1, -0.05) is 58.1 Å². The quantitative estimate of drug-likeness (QED) is 0.418. The SMILES string of the molecule is CCCCCCCCC1Cc2cc(-c3ccc(C4NCC(C)C[NH+]4[O-])c(F)c3)ccc2O1. The minimum absolute atomic E-state index is 0.0708. The molecule has 0 bridgehead atoms. The second kappa shape index (κ2) is 10.8. The summed E-state index contributed by atoms with van der Waals surface area (Å²) < 4.78 is 21.1. The number of fused-ring (bicyclic) bond motifs is 1. The zero-order valence-corrected chi connectivity index (χ0v) is 19.5. The lowest BCUT2D eigenvalue weighted by Crippen LogP contribution is -3.11. The Morgan fingerprint density at radius 1 is 1.06 bits per heavy atom. The number of hydrogen-bond donors (Lipinski definition) is 2. The first-order chi connectivity index (χ1) is 15.5. The molecule has 2 aromatic carbocycles. The first-order valence-corrected chi connectivity index (χ1v) is 12.4. The maximum atomic E-state index is 15.0. The van der Waals surface area contributed by atoms with Crippen LogP contribution in [-0.4, -0.2) is 19.2 Å². The molecule has 4 rings (SSSR count). The zero-order valence-electron chi connectivity index (χ0n) is 19.5. The average Bonchev–Trinajstić information content (AvgIpc) is 3.18. The van der Waals surface area contributed by atoms with Crippen LogP contribution in [0.2, 0.25) is 0 Å². The molecule has 4 unspecified atom stereocenters. The van der Waals surface area contributed by atoms with Gasteiger partial charge in [0.15, 0.2) is 6.17 Å². The van der Waals surface area contributed by atoms with E-state index < -0.39 is 6.17 Å². The molecule has 2 aliphatic rings. The fourth-order valence-electron chi connectivity index (χ4n) is 5.00. The minimum atomic E-state index is -0.531. The molecule has 2 heterocycles. The highest BCUT2D eigenvalue weighted by Gasteiger charge is 2.28. The number of rotatable bonds is 9. The van der Waals surface area contributed by atoms with Crippen molar-refractivity contribution < 1.29 is 14.2 Å². The van der Waals surface area contributed by atoms with Gasteiger partial charge < -0.3 is 15.0 Å². The third-order valence-corrected chi connectivity index (χ3v) is 6.87. The van der Waals surface area contributed by atoms with Crippen LogP contribution in [0.4, 0.5) is 4.39 Å². The lowest BCUT2D eigenvalue weighted by Gasteiger charge is -2.39. The van der Waals surface area contributed by atoms with Crippen molar-refractivity contribution in [2.75, 3.05) is 13.1 Å². The van der Waals surface area contributed by atoms with Crippen molar-refractivity contribution in [1.82, 2.24) is 5.32 Å². The molecule has 2 aliphatic heterocycles. The van der Waals surface area contributed by atoms with Crippen LogP contribution >= 0.6 is 0 Å². The van der Waals surface area contributed by atoms with Crippen molar-refractivity contribution in [2.45, 2.75) is 77.5 Å². The third-order valence-electron chi connectivity index (χ3n) is 6.87. The molecule has 2 N–H and O–H groups in total. The van der Waals surface area contributed by atoms with Gasteiger partial charge in [0.2, 0.25) is 0 Å². The van der Waals surface area contributed by atoms with E-state index in [1.807, 2.05) is 25.1 Å². The van der Waals surface area contributed by atoms with Crippen LogP contribution in [0.1, 0.15) is 76.1 Å². The number of hydroxylamine groups is 2. The van der Waals surface area contributed by atoms with E-state index >= 15 is 0 Å². The zero-order chi connectivity index (χ0) is 22.5. The molecule has 1 saturated heterocycles. The molecule has 0 saturated carbocycles. The molecule has 0 spiro atoms. The summed E-state index contributed by atoms with van der Waals surface area (Å²) in [7, 11) is 0. The van der Waals surface area contributed by atoms with E-state index in [0.29, 0.717) is 18.0 Å². The normalized spacial score (nSPS) is 24.9. The molecule has 0 radical (unpaired) electrons. The summed E-state index contributed by atoms with van der Waals surface area (Å²) >= 11 is 0. The Morgan fingerprint density at radius 2 is 1.81 bits per heavy atom. The van der Waals surface area contributed by atoms with E-state index in [0.717, 1.165) is 36.3 Å². The number of hydrogen-bond acceptors (Lipinski definition) is 3. The molecule has 4 nitrogen and oxygen atoms in total. The monoisotopic (exact) mass is 440 g/mol. The van der Waals surface area contributed by atoms with E-state index in [1.54, 1.807) is 12.1 Å². The van der Waals surface area contributed by atoms with Crippen LogP contribution in [-0.2, 0) is 6.42 Å². The van der Waals surface area contributed by atoms with Crippen LogP contribution in [0.25, 0.3) is 11.1 Å². The molecule has 2 aromatic rings. The Kier molecular flexibility index (Phi) is 7.82. The van der Waals surface area contributed by atoms with Gasteiger partial charge in [-0.05, 0) is 53.8 Å². The molecule has 5 heteroatoms. The molecule has 4 atom stereocenters. The van der Waals surface area contributed by atoms with Crippen molar-refractivity contribution in [1.29, 1.82) is 0 Å². The summed E-state index contributed by atoms with van der Waals surface area (Å²) in [6.45, 7) is 5.53. The van der Waals surface area contributed by atoms with Gasteiger partial charge in [0, 0.05) is 18.9 Å². The second-order valence-corrected chi connectivity index (χ2v) is 9.68. The van der Waals surface area contributed by atoms with Crippen LogP contribution in [0, 0.1) is 16.9 Å². The van der Waals surface area contributed by atoms with Crippen molar-refractivity contribution in [3.8, 4) is 16.9 Å². The number of halogens is 1. The predicted octanol–water partition coefficient (Wildman–Crippen LogP) is 5.17. The van der Waals surface area contributed by atoms with E-state index in [-0.39, 0.29) is 17.0 Å². The lowest BCUT2D eigenvalue weighted by molar-refractivity contribution is -0.895. The molecule has 174 valence electrons. The van der Waals surface area contributed by atoms with Crippen LogP contribution in [0.5, 0.6) is 5.75 Å². The van der Waals surface area contributed by atoms with Gasteiger partial charge in [-0.3, -0.25) is 5.32 Å². The van der Waals surface area contributed by atoms with Crippen LogP contribution < -0.4 is 15.1 Å². The Morgan fingerprint density at radius 3 is 2.59 bits per heavy atom. The summed E-state index contributed by atoms with van der Waals surface area (Å²) in [6, 6.07) is 11.4. The fourth-order valence-corrected chi connectivity index (χ4v) is 5.00. The predicted molar refractivity (Wildman–Crippen MR) is 127 cm³/mol. The topological polar surface area (TPSA) is 48.8 Å². The summed E-state index contributed by atoms with van der Waals surface area (Å²) in [5.41, 5.74) is 3.50. The van der Waals surface area contributed by atoms with E-state index in [9.17, 15) is 9.60 Å². The number of benzene rings is 2. The third kappa shape index (κ3) is 5.51. The molecular formula is C27H37FN2O2. The summed E-state index contributed by atoms with van der Waals surface area (Å²) in [4.78, 5) is 0. The Labute approximate surface area is 191 Å². The van der Waals surface area contributed by atoms with Crippen molar-refractivity contribution in [3.63, 3.8) is 0 Å². The van der Waals surface area contributed by atoms with Gasteiger partial charge in [0.25, 0.3) is 0 Å². The Bertz CT molecular complexity index is 903. The average molecular weight is 441 g/mol. The smallest absolute Gasteiger partial charge is 0.170 e. The highest BCUT2D eigenvalue weighted by molar-refractivity contribution is 5.66. The van der Waals surface area contributed by atoms with Crippen molar-refractivity contribution in [3.05, 3.63) is 58.5 Å². The summed E-state index contributed by atoms with van der Waals surface area (Å²) in [6.07, 6.45) is 9.53. The van der Waals surface area contributed by atoms with Gasteiger partial charge in [0.05, 0.1) is 12.1 Å². The first-order valence-electron chi connectivity index (χ1n) is 12.4. The lowest BCUT2D eigenvalue weighted by atomic mass is 9.97. The van der Waals surface area contributed by atoms with Gasteiger partial charge in [-0.25, -0.2) is 4.39 Å². The van der Waals surface area contributed by atoms with Gasteiger partial charge in [0.1, 0.15) is 17.7 Å². The molecule has 0 amide bonds. The minimum Gasteiger partial charge on any atom is -0.633 e. The Hall–Kier alpha value is -1.95. The number of unbranched alkanes of at least 4 members (excludes halogenated alkanes) is 5. The summed E-state index contributed by atoms with van der Waals surface area (Å²) in [5, 5.41) is 15.6.